The van der Waals surface area contributed by atoms with Crippen molar-refractivity contribution in [2.45, 2.75) is 44.6 Å². The monoisotopic (exact) mass is 440 g/mol. The van der Waals surface area contributed by atoms with Gasteiger partial charge in [0, 0.05) is 31.9 Å². The van der Waals surface area contributed by atoms with Crippen LogP contribution in [0, 0.1) is 0 Å². The summed E-state index contributed by atoms with van der Waals surface area (Å²) in [5, 5.41) is 2.80. The van der Waals surface area contributed by atoms with Crippen molar-refractivity contribution in [3.8, 4) is 5.75 Å². The van der Waals surface area contributed by atoms with E-state index in [1.165, 1.54) is 6.20 Å². The fourth-order valence-electron chi connectivity index (χ4n) is 5.08. The van der Waals surface area contributed by atoms with E-state index in [4.69, 9.17) is 4.52 Å². The predicted octanol–water partition coefficient (Wildman–Crippen LogP) is 1.60. The van der Waals surface area contributed by atoms with E-state index in [2.05, 4.69) is 10.2 Å². The smallest absolute Gasteiger partial charge is 0.275 e. The molecule has 2 aromatic rings. The number of carbonyl (C=O) groups excluding carboxylic acids is 2. The second-order valence-corrected chi connectivity index (χ2v) is 8.53. The molecule has 2 saturated heterocycles. The Morgan fingerprint density at radius 3 is 2.74 bits per heavy atom. The molecule has 1 aromatic carbocycles. The maximum Gasteiger partial charge on any atom is 0.275 e. The zero-order valence-electron chi connectivity index (χ0n) is 17.1. The largest absolute Gasteiger partial charge is 0.474 e. The molecule has 1 aromatic heterocycles. The number of fused-ring (bicyclic) bond motifs is 4. The summed E-state index contributed by atoms with van der Waals surface area (Å²) in [5.41, 5.74) is 0.555. The van der Waals surface area contributed by atoms with Gasteiger partial charge in [0.25, 0.3) is 11.8 Å². The molecule has 8 nitrogen and oxygen atoms in total. The van der Waals surface area contributed by atoms with Crippen LogP contribution in [0.4, 0.5) is 0 Å². The van der Waals surface area contributed by atoms with Gasteiger partial charge in [0.05, 0.1) is 16.0 Å². The van der Waals surface area contributed by atoms with Gasteiger partial charge in [-0.2, -0.15) is 0 Å². The lowest BCUT2D eigenvalue weighted by molar-refractivity contribution is -0.0209. The molecule has 0 spiro atoms. The van der Waals surface area contributed by atoms with E-state index in [-0.39, 0.29) is 29.1 Å². The van der Waals surface area contributed by atoms with Crippen LogP contribution in [0.5, 0.6) is 5.75 Å². The van der Waals surface area contributed by atoms with Gasteiger partial charge < -0.3 is 19.3 Å². The number of rotatable bonds is 4. The minimum absolute atomic E-state index is 0.0211. The fourth-order valence-corrected chi connectivity index (χ4v) is 5.30. The molecule has 3 unspecified atom stereocenters. The number of amides is 2. The number of carbonyl (C=O) groups is 2. The highest BCUT2D eigenvalue weighted by Crippen LogP contribution is 2.34. The highest BCUT2D eigenvalue weighted by molar-refractivity contribution is 7.10. The van der Waals surface area contributed by atoms with Crippen molar-refractivity contribution >= 4 is 21.3 Å². The second kappa shape index (κ2) is 8.09. The summed E-state index contributed by atoms with van der Waals surface area (Å²) in [5.74, 6) is -0.790. The third-order valence-corrected chi connectivity index (χ3v) is 6.82. The molecule has 162 valence electrons. The average Bonchev–Trinajstić information content (AvgIpc) is 3.28. The number of pyridine rings is 1. The van der Waals surface area contributed by atoms with Crippen LogP contribution in [0.25, 0.3) is 0 Å². The molecule has 3 aliphatic rings. The van der Waals surface area contributed by atoms with Crippen molar-refractivity contribution in [2.24, 2.45) is 0 Å². The van der Waals surface area contributed by atoms with E-state index in [0.717, 1.165) is 31.4 Å². The van der Waals surface area contributed by atoms with E-state index in [1.807, 2.05) is 44.7 Å². The van der Waals surface area contributed by atoms with Gasteiger partial charge in [0.1, 0.15) is 11.7 Å². The molecule has 3 aliphatic heterocycles. The van der Waals surface area contributed by atoms with Crippen LogP contribution in [0.15, 0.2) is 41.3 Å². The van der Waals surface area contributed by atoms with Crippen molar-refractivity contribution in [1.29, 1.82) is 0 Å². The molecule has 2 amide bonds. The molecule has 9 heteroatoms. The van der Waals surface area contributed by atoms with Crippen molar-refractivity contribution in [3.63, 3.8) is 0 Å². The lowest BCUT2D eigenvalue weighted by Gasteiger charge is -2.48. The Bertz CT molecular complexity index is 1090. The molecule has 0 saturated carbocycles. The van der Waals surface area contributed by atoms with Gasteiger partial charge in [0.2, 0.25) is 5.43 Å². The first-order chi connectivity index (χ1) is 15.1. The Hall–Kier alpha value is -2.70. The Labute approximate surface area is 182 Å². The minimum atomic E-state index is -0.574. The summed E-state index contributed by atoms with van der Waals surface area (Å²) < 4.78 is 7.00. The zero-order chi connectivity index (χ0) is 21.5. The van der Waals surface area contributed by atoms with Crippen LogP contribution in [-0.4, -0.2) is 51.5 Å². The van der Waals surface area contributed by atoms with Crippen LogP contribution >= 0.6 is 9.47 Å². The topological polar surface area (TPSA) is 83.9 Å². The van der Waals surface area contributed by atoms with Crippen LogP contribution < -0.4 is 15.3 Å². The Kier molecular flexibility index (Phi) is 5.28. The fraction of sp³-hybridized carbons (Fsp3) is 0.409. The number of aromatic nitrogens is 1. The number of benzene rings is 1. The lowest BCUT2D eigenvalue weighted by atomic mass is 10.0. The van der Waals surface area contributed by atoms with Gasteiger partial charge in [-0.15, -0.1) is 0 Å². The molecule has 0 aliphatic carbocycles. The molecule has 2 fully saturated rings. The normalized spacial score (nSPS) is 22.5. The first-order valence-electron chi connectivity index (χ1n) is 10.6. The molecular formula is C22H25N4O4P. The Balaban J connectivity index is 1.48. The summed E-state index contributed by atoms with van der Waals surface area (Å²) in [6, 6.07) is 9.99. The van der Waals surface area contributed by atoms with Crippen molar-refractivity contribution in [1.82, 2.24) is 19.7 Å². The minimum Gasteiger partial charge on any atom is -0.474 e. The number of hydrogen-bond donors (Lipinski definition) is 1. The molecule has 1 N–H and O–H groups in total. The Morgan fingerprint density at radius 2 is 1.97 bits per heavy atom. The highest BCUT2D eigenvalue weighted by Gasteiger charge is 2.45. The number of nitrogens with zero attached hydrogens (tertiary/aromatic N) is 3. The molecule has 0 bridgehead atoms. The summed E-state index contributed by atoms with van der Waals surface area (Å²) in [7, 11) is 2.04. The maximum atomic E-state index is 13.3. The van der Waals surface area contributed by atoms with Gasteiger partial charge in [-0.05, 0) is 24.8 Å². The second-order valence-electron chi connectivity index (χ2n) is 8.29. The molecule has 4 heterocycles. The lowest BCUT2D eigenvalue weighted by Crippen LogP contribution is -2.62. The quantitative estimate of drug-likeness (QED) is 0.731. The van der Waals surface area contributed by atoms with Crippen LogP contribution in [-0.2, 0) is 13.1 Å². The van der Waals surface area contributed by atoms with Gasteiger partial charge in [-0.1, -0.05) is 30.3 Å². The van der Waals surface area contributed by atoms with Crippen LogP contribution in [0.3, 0.4) is 0 Å². The van der Waals surface area contributed by atoms with Crippen molar-refractivity contribution in [3.05, 3.63) is 63.6 Å². The van der Waals surface area contributed by atoms with Crippen molar-refractivity contribution in [2.75, 3.05) is 13.1 Å². The van der Waals surface area contributed by atoms with E-state index in [9.17, 15) is 14.4 Å². The van der Waals surface area contributed by atoms with Crippen molar-refractivity contribution < 1.29 is 14.1 Å². The SMILES string of the molecule is O=C(NCc1ccccc1)c1cn2c(c(OP)c1=O)C(=O)N1CCC3CCCN3C1C2. The standard InChI is InChI=1S/C22H25N4O4P/c27-19-16(21(28)23-11-14-5-2-1-3-6-14)12-24-13-17-25-9-4-7-15(25)8-10-26(17)22(29)18(24)20(19)30-31/h1-3,5-6,12,15,17H,4,7-11,13,31H2,(H,23,28). The molecule has 3 atom stereocenters. The third-order valence-electron chi connectivity index (χ3n) is 6.59. The van der Waals surface area contributed by atoms with Gasteiger partial charge in [0.15, 0.2) is 11.4 Å². The average molecular weight is 440 g/mol. The van der Waals surface area contributed by atoms with Gasteiger partial charge in [-0.25, -0.2) is 0 Å². The molecule has 0 radical (unpaired) electrons. The third kappa shape index (κ3) is 3.44. The number of hydrogen-bond acceptors (Lipinski definition) is 5. The summed E-state index contributed by atoms with van der Waals surface area (Å²) in [6.45, 7) is 2.46. The molecular weight excluding hydrogens is 415 g/mol. The van der Waals surface area contributed by atoms with E-state index >= 15 is 0 Å². The van der Waals surface area contributed by atoms with Crippen LogP contribution in [0.1, 0.15) is 45.7 Å². The highest BCUT2D eigenvalue weighted by atomic mass is 31.0. The molecule has 5 rings (SSSR count). The number of nitrogens with one attached hydrogen (secondary N) is 1. The summed E-state index contributed by atoms with van der Waals surface area (Å²) >= 11 is 0. The summed E-state index contributed by atoms with van der Waals surface area (Å²) in [4.78, 5) is 43.4. The molecule has 31 heavy (non-hydrogen) atoms. The zero-order valence-corrected chi connectivity index (χ0v) is 18.3. The van der Waals surface area contributed by atoms with Gasteiger partial charge >= 0.3 is 0 Å². The van der Waals surface area contributed by atoms with Crippen LogP contribution in [0.2, 0.25) is 0 Å². The summed E-state index contributed by atoms with van der Waals surface area (Å²) in [6.07, 6.45) is 4.70. The predicted molar refractivity (Wildman–Crippen MR) is 118 cm³/mol. The first kappa shape index (κ1) is 20.2. The van der Waals surface area contributed by atoms with Gasteiger partial charge in [-0.3, -0.25) is 19.3 Å². The first-order valence-corrected chi connectivity index (χ1v) is 11.1. The van der Waals surface area contributed by atoms with E-state index < -0.39 is 11.3 Å². The Morgan fingerprint density at radius 1 is 1.16 bits per heavy atom. The van der Waals surface area contributed by atoms with E-state index in [0.29, 0.717) is 25.7 Å². The van der Waals surface area contributed by atoms with E-state index in [1.54, 1.807) is 4.57 Å². The maximum absolute atomic E-state index is 13.3.